The van der Waals surface area contributed by atoms with Crippen molar-refractivity contribution in [2.24, 2.45) is 0 Å². The number of hydrogen-bond acceptors (Lipinski definition) is 1. The largest absolute Gasteiger partial charge is 0.457 e. The van der Waals surface area contributed by atoms with Gasteiger partial charge in [-0.3, -0.25) is 0 Å². The number of hydrogen-bond donors (Lipinski definition) is 0. The Hall–Kier alpha value is -7.48. The van der Waals surface area contributed by atoms with Crippen LogP contribution in [0.25, 0.3) is 66.1 Å². The monoisotopic (exact) mass is 746 g/mol. The highest BCUT2D eigenvalue weighted by molar-refractivity contribution is 6.01. The van der Waals surface area contributed by atoms with Crippen molar-refractivity contribution in [2.45, 2.75) is 10.8 Å². The zero-order chi connectivity index (χ0) is 38.5. The molecule has 10 aromatic carbocycles. The molecule has 272 valence electrons. The van der Waals surface area contributed by atoms with Gasteiger partial charge in [-0.05, 0) is 142 Å². The Labute approximate surface area is 342 Å². The fourth-order valence-corrected chi connectivity index (χ4v) is 11.8. The molecular weight excluding hydrogens is 713 g/mol. The van der Waals surface area contributed by atoms with Crippen molar-refractivity contribution < 1.29 is 4.74 Å². The molecule has 59 heavy (non-hydrogen) atoms. The van der Waals surface area contributed by atoms with Crippen molar-refractivity contribution in [3.8, 4) is 56.0 Å². The predicted molar refractivity (Wildman–Crippen MR) is 241 cm³/mol. The molecule has 0 atom stereocenters. The lowest BCUT2D eigenvalue weighted by molar-refractivity contribution is 0.437. The lowest BCUT2D eigenvalue weighted by Gasteiger charge is -2.40. The molecule has 10 aromatic rings. The van der Waals surface area contributed by atoms with Gasteiger partial charge >= 0.3 is 0 Å². The molecule has 1 heterocycles. The van der Waals surface area contributed by atoms with Gasteiger partial charge in [0.25, 0.3) is 0 Å². The highest BCUT2D eigenvalue weighted by atomic mass is 16.5. The van der Waals surface area contributed by atoms with Crippen molar-refractivity contribution in [3.05, 3.63) is 251 Å². The molecule has 0 aromatic heterocycles. The van der Waals surface area contributed by atoms with Gasteiger partial charge in [-0.15, -0.1) is 0 Å². The molecule has 0 amide bonds. The Bertz CT molecular complexity index is 3400. The quantitative estimate of drug-likeness (QED) is 0.163. The van der Waals surface area contributed by atoms with E-state index in [1.807, 2.05) is 0 Å². The Morgan fingerprint density at radius 3 is 1.17 bits per heavy atom. The standard InChI is InChI=1S/C58H34O/c1-2-14-36-30-52-46(29-35(36)13-1)45-27-25-39(31-51(45)57(52)47-21-9-5-17-41(47)42-18-6-10-22-48(42)57)40-26-28-55-53(33-40)58(54-32-37-15-3-4-16-38(37)34-56(54)59-55)49-23-11-7-19-43(49)44-20-8-12-24-50(44)58/h1-34H. The van der Waals surface area contributed by atoms with E-state index < -0.39 is 10.8 Å². The van der Waals surface area contributed by atoms with E-state index in [1.54, 1.807) is 0 Å². The van der Waals surface area contributed by atoms with Crippen LogP contribution in [-0.2, 0) is 10.8 Å². The van der Waals surface area contributed by atoms with Crippen LogP contribution in [0.15, 0.2) is 206 Å². The van der Waals surface area contributed by atoms with Crippen LogP contribution in [0.5, 0.6) is 11.5 Å². The summed E-state index contributed by atoms with van der Waals surface area (Å²) in [7, 11) is 0. The van der Waals surface area contributed by atoms with Crippen molar-refractivity contribution >= 4 is 21.5 Å². The topological polar surface area (TPSA) is 9.23 Å². The second kappa shape index (κ2) is 11.1. The first-order chi connectivity index (χ1) is 29.2. The van der Waals surface area contributed by atoms with Crippen molar-refractivity contribution in [1.82, 2.24) is 0 Å². The Kier molecular flexibility index (Phi) is 5.96. The summed E-state index contributed by atoms with van der Waals surface area (Å²) in [5.41, 5.74) is 19.6. The average Bonchev–Trinajstić information content (AvgIpc) is 3.87. The smallest absolute Gasteiger partial charge is 0.132 e. The minimum Gasteiger partial charge on any atom is -0.457 e. The van der Waals surface area contributed by atoms with Gasteiger partial charge in [0.2, 0.25) is 0 Å². The summed E-state index contributed by atoms with van der Waals surface area (Å²) in [4.78, 5) is 0. The predicted octanol–water partition coefficient (Wildman–Crippen LogP) is 14.5. The second-order valence-corrected chi connectivity index (χ2v) is 16.7. The fraction of sp³-hybridized carbons (Fsp3) is 0.0345. The molecule has 0 saturated carbocycles. The summed E-state index contributed by atoms with van der Waals surface area (Å²) < 4.78 is 7.00. The van der Waals surface area contributed by atoms with Crippen molar-refractivity contribution in [1.29, 1.82) is 0 Å². The third-order valence-corrected chi connectivity index (χ3v) is 14.1. The third-order valence-electron chi connectivity index (χ3n) is 14.1. The molecule has 1 aliphatic heterocycles. The number of benzene rings is 10. The van der Waals surface area contributed by atoms with Gasteiger partial charge in [0.05, 0.1) is 10.8 Å². The van der Waals surface area contributed by atoms with Crippen LogP contribution in [0.3, 0.4) is 0 Å². The minimum absolute atomic E-state index is 0.445. The average molecular weight is 747 g/mol. The lowest BCUT2D eigenvalue weighted by atomic mass is 9.65. The summed E-state index contributed by atoms with van der Waals surface area (Å²) in [5.74, 6) is 1.82. The minimum atomic E-state index is -0.562. The Morgan fingerprint density at radius 2 is 0.610 bits per heavy atom. The zero-order valence-electron chi connectivity index (χ0n) is 32.0. The van der Waals surface area contributed by atoms with Crippen LogP contribution >= 0.6 is 0 Å². The Morgan fingerprint density at radius 1 is 0.237 bits per heavy atom. The second-order valence-electron chi connectivity index (χ2n) is 16.7. The third kappa shape index (κ3) is 3.82. The lowest BCUT2D eigenvalue weighted by Crippen LogP contribution is -2.32. The van der Waals surface area contributed by atoms with E-state index in [0.717, 1.165) is 11.5 Å². The molecule has 1 heteroatoms. The fourth-order valence-electron chi connectivity index (χ4n) is 11.8. The summed E-state index contributed by atoms with van der Waals surface area (Å²) in [5, 5.41) is 4.93. The molecule has 3 aliphatic carbocycles. The normalized spacial score (nSPS) is 14.8. The van der Waals surface area contributed by atoms with Crippen LogP contribution in [0, 0.1) is 0 Å². The molecule has 1 nitrogen and oxygen atoms in total. The summed E-state index contributed by atoms with van der Waals surface area (Å²) in [6, 6.07) is 77.4. The van der Waals surface area contributed by atoms with Crippen molar-refractivity contribution in [3.63, 3.8) is 0 Å². The van der Waals surface area contributed by atoms with Crippen LogP contribution in [0.2, 0.25) is 0 Å². The van der Waals surface area contributed by atoms with E-state index in [4.69, 9.17) is 4.74 Å². The molecule has 0 N–H and O–H groups in total. The zero-order valence-corrected chi connectivity index (χ0v) is 32.0. The van der Waals surface area contributed by atoms with Gasteiger partial charge in [0, 0.05) is 11.1 Å². The highest BCUT2D eigenvalue weighted by Gasteiger charge is 2.53. The maximum Gasteiger partial charge on any atom is 0.132 e. The molecule has 4 aliphatic rings. The first-order valence-electron chi connectivity index (χ1n) is 20.7. The summed E-state index contributed by atoms with van der Waals surface area (Å²) in [6.45, 7) is 0. The van der Waals surface area contributed by atoms with Crippen LogP contribution in [0.4, 0.5) is 0 Å². The molecule has 14 rings (SSSR count). The van der Waals surface area contributed by atoms with E-state index >= 15 is 0 Å². The van der Waals surface area contributed by atoms with Crippen LogP contribution in [-0.4, -0.2) is 0 Å². The van der Waals surface area contributed by atoms with E-state index in [1.165, 1.54) is 111 Å². The van der Waals surface area contributed by atoms with E-state index in [0.29, 0.717) is 0 Å². The number of ether oxygens (including phenoxy) is 1. The summed E-state index contributed by atoms with van der Waals surface area (Å²) in [6.07, 6.45) is 0. The molecule has 0 fully saturated rings. The van der Waals surface area contributed by atoms with Crippen LogP contribution in [0.1, 0.15) is 44.5 Å². The first kappa shape index (κ1) is 31.6. The SMILES string of the molecule is c1ccc2c(c1)-c1ccccc1C21c2cc(-c3ccc4c(c3)C3(c5ccccc5-c5ccccc53)c3cc5ccccc5cc3-4)ccc2Oc2cc3ccccc3cc21. The van der Waals surface area contributed by atoms with E-state index in [9.17, 15) is 0 Å². The molecule has 0 bridgehead atoms. The van der Waals surface area contributed by atoms with Gasteiger partial charge in [0.1, 0.15) is 11.5 Å². The first-order valence-corrected chi connectivity index (χ1v) is 20.7. The van der Waals surface area contributed by atoms with Crippen LogP contribution < -0.4 is 4.74 Å². The van der Waals surface area contributed by atoms with Gasteiger partial charge < -0.3 is 4.74 Å². The maximum atomic E-state index is 7.00. The Balaban J connectivity index is 1.05. The van der Waals surface area contributed by atoms with E-state index in [-0.39, 0.29) is 0 Å². The van der Waals surface area contributed by atoms with Gasteiger partial charge in [-0.1, -0.05) is 164 Å². The highest BCUT2D eigenvalue weighted by Crippen LogP contribution is 2.65. The number of rotatable bonds is 1. The maximum absolute atomic E-state index is 7.00. The van der Waals surface area contributed by atoms with Gasteiger partial charge in [-0.25, -0.2) is 0 Å². The molecular formula is C58H34O. The van der Waals surface area contributed by atoms with Crippen molar-refractivity contribution in [2.75, 3.05) is 0 Å². The number of fused-ring (bicyclic) bond motifs is 21. The molecule has 0 unspecified atom stereocenters. The molecule has 0 radical (unpaired) electrons. The summed E-state index contributed by atoms with van der Waals surface area (Å²) >= 11 is 0. The van der Waals surface area contributed by atoms with Gasteiger partial charge in [0.15, 0.2) is 0 Å². The molecule has 2 spiro atoms. The van der Waals surface area contributed by atoms with Gasteiger partial charge in [-0.2, -0.15) is 0 Å². The van der Waals surface area contributed by atoms with E-state index in [2.05, 4.69) is 206 Å². The molecule has 0 saturated heterocycles.